The number of hydrogen-bond acceptors (Lipinski definition) is 0. The van der Waals surface area contributed by atoms with Crippen molar-refractivity contribution in [2.24, 2.45) is 0 Å². The minimum atomic E-state index is 0. The molecule has 3 heteroatoms. The van der Waals surface area contributed by atoms with Crippen LogP contribution in [0.4, 0.5) is 0 Å². The number of benzene rings is 4. The first-order chi connectivity index (χ1) is 16.7. The first-order valence-electron chi connectivity index (χ1n) is 11.6. The van der Waals surface area contributed by atoms with Gasteiger partial charge in [-0.1, -0.05) is 60.7 Å². The molecule has 0 heterocycles. The van der Waals surface area contributed by atoms with Crippen molar-refractivity contribution in [2.45, 2.75) is 13.8 Å². The summed E-state index contributed by atoms with van der Waals surface area (Å²) >= 11 is 0. The van der Waals surface area contributed by atoms with Crippen LogP contribution >= 0.6 is 17.2 Å². The number of aryl methyl sites for hydroxylation is 2. The van der Waals surface area contributed by atoms with Crippen molar-refractivity contribution < 1.29 is 21.7 Å². The predicted octanol–water partition coefficient (Wildman–Crippen LogP) is 6.99. The summed E-state index contributed by atoms with van der Waals surface area (Å²) < 4.78 is 0. The molecule has 6 rings (SSSR count). The molecule has 0 aliphatic carbocycles. The molecule has 0 radical (unpaired) electrons. The van der Waals surface area contributed by atoms with Gasteiger partial charge in [0.25, 0.3) is 0 Å². The van der Waals surface area contributed by atoms with Gasteiger partial charge in [-0.05, 0) is 35.6 Å². The first-order valence-corrected chi connectivity index (χ1v) is 13.6. The van der Waals surface area contributed by atoms with E-state index in [1.54, 1.807) is 0 Å². The largest absolute Gasteiger partial charge is 2.00 e. The Balaban J connectivity index is 0.000000160. The van der Waals surface area contributed by atoms with Crippen LogP contribution in [0.5, 0.6) is 0 Å². The van der Waals surface area contributed by atoms with Gasteiger partial charge in [-0.25, -0.2) is 0 Å². The summed E-state index contributed by atoms with van der Waals surface area (Å²) in [5, 5.41) is 11.3. The van der Waals surface area contributed by atoms with E-state index >= 15 is 0 Å². The van der Waals surface area contributed by atoms with Gasteiger partial charge in [-0.2, -0.15) is 12.1 Å². The Morgan fingerprint density at radius 2 is 0.829 bits per heavy atom. The van der Waals surface area contributed by atoms with Crippen LogP contribution in [0.3, 0.4) is 0 Å². The fraction of sp³-hybridized carbons (Fsp3) is 0.0625. The third-order valence-electron chi connectivity index (χ3n) is 6.19. The Kier molecular flexibility index (Phi) is 8.89. The van der Waals surface area contributed by atoms with Gasteiger partial charge in [0.1, 0.15) is 0 Å². The Labute approximate surface area is 227 Å². The Hall–Kier alpha value is -2.33. The summed E-state index contributed by atoms with van der Waals surface area (Å²) in [5.74, 6) is 0. The van der Waals surface area contributed by atoms with Crippen molar-refractivity contribution in [1.29, 1.82) is 0 Å². The van der Waals surface area contributed by atoms with Gasteiger partial charge < -0.3 is 0 Å². The maximum absolute atomic E-state index is 2.26. The van der Waals surface area contributed by atoms with Gasteiger partial charge >= 0.3 is 21.7 Å². The molecule has 0 aliphatic heterocycles. The summed E-state index contributed by atoms with van der Waals surface area (Å²) in [7, 11) is 1.51. The molecule has 0 nitrogen and oxygen atoms in total. The molecule has 0 aromatic heterocycles. The minimum absolute atomic E-state index is 0. The van der Waals surface area contributed by atoms with Gasteiger partial charge in [0.05, 0.1) is 0 Å². The SMILES string of the molecule is Cc1ccccc1P[c-]1ccc2ccccc21.Cc1ccccc1P[c-]1ccc2ccccc21.[Ti+2]. The molecule has 0 spiro atoms. The standard InChI is InChI=1S/2C16H14P.Ti/c2*1-12-6-2-5-9-15(12)17-16-11-10-13-7-3-4-8-14(13)16;/h2*2-11,17H,1H3;/q2*-1;+2. The maximum Gasteiger partial charge on any atom is 2.00 e. The Morgan fingerprint density at radius 3 is 1.26 bits per heavy atom. The molecular weight excluding hydrogens is 494 g/mol. The summed E-state index contributed by atoms with van der Waals surface area (Å²) in [6, 6.07) is 43.5. The average Bonchev–Trinajstić information content (AvgIpc) is 3.47. The Morgan fingerprint density at radius 1 is 0.457 bits per heavy atom. The van der Waals surface area contributed by atoms with E-state index in [0.29, 0.717) is 0 Å². The molecule has 0 saturated heterocycles. The van der Waals surface area contributed by atoms with E-state index in [0.717, 1.165) is 17.2 Å². The van der Waals surface area contributed by atoms with Crippen molar-refractivity contribution in [3.05, 3.63) is 132 Å². The molecular formula is C32H28P2Ti. The zero-order valence-electron chi connectivity index (χ0n) is 20.0. The van der Waals surface area contributed by atoms with E-state index in [4.69, 9.17) is 0 Å². The molecule has 6 aromatic rings. The van der Waals surface area contributed by atoms with Crippen LogP contribution in [0.2, 0.25) is 0 Å². The minimum Gasteiger partial charge on any atom is -0.168 e. The summed E-state index contributed by atoms with van der Waals surface area (Å²) in [5.41, 5.74) is 2.77. The quantitative estimate of drug-likeness (QED) is 0.133. The molecule has 170 valence electrons. The van der Waals surface area contributed by atoms with Crippen LogP contribution in [0, 0.1) is 13.8 Å². The monoisotopic (exact) mass is 522 g/mol. The van der Waals surface area contributed by atoms with Gasteiger partial charge in [-0.15, -0.1) is 97.8 Å². The van der Waals surface area contributed by atoms with Crippen LogP contribution in [0.25, 0.3) is 21.5 Å². The van der Waals surface area contributed by atoms with Crippen LogP contribution < -0.4 is 21.2 Å². The van der Waals surface area contributed by atoms with Gasteiger partial charge in [0.15, 0.2) is 0 Å². The molecule has 2 atom stereocenters. The van der Waals surface area contributed by atoms with Gasteiger partial charge in [0, 0.05) is 0 Å². The summed E-state index contributed by atoms with van der Waals surface area (Å²) in [6.07, 6.45) is 0. The van der Waals surface area contributed by atoms with Crippen molar-refractivity contribution >= 4 is 59.9 Å². The van der Waals surface area contributed by atoms with E-state index < -0.39 is 0 Å². The van der Waals surface area contributed by atoms with E-state index in [-0.39, 0.29) is 21.7 Å². The molecule has 0 bridgehead atoms. The van der Waals surface area contributed by atoms with Gasteiger partial charge in [-0.3, -0.25) is 0 Å². The fourth-order valence-corrected chi connectivity index (χ4v) is 6.79. The molecule has 2 unspecified atom stereocenters. The zero-order valence-corrected chi connectivity index (χ0v) is 23.6. The zero-order chi connectivity index (χ0) is 23.3. The molecule has 35 heavy (non-hydrogen) atoms. The molecule has 0 amide bonds. The average molecular weight is 522 g/mol. The second kappa shape index (κ2) is 12.1. The van der Waals surface area contributed by atoms with E-state index in [1.165, 1.54) is 53.9 Å². The topological polar surface area (TPSA) is 0 Å². The van der Waals surface area contributed by atoms with Crippen molar-refractivity contribution in [2.75, 3.05) is 0 Å². The normalized spacial score (nSPS) is 11.3. The summed E-state index contributed by atoms with van der Waals surface area (Å²) in [4.78, 5) is 0. The first kappa shape index (κ1) is 25.8. The number of fused-ring (bicyclic) bond motifs is 2. The van der Waals surface area contributed by atoms with E-state index in [1.807, 2.05) is 0 Å². The molecule has 6 aromatic carbocycles. The second-order valence-corrected chi connectivity index (χ2v) is 11.2. The molecule has 0 aliphatic rings. The predicted molar refractivity (Wildman–Crippen MR) is 157 cm³/mol. The molecule has 0 saturated carbocycles. The van der Waals surface area contributed by atoms with Crippen LogP contribution in [0.15, 0.2) is 121 Å². The smallest absolute Gasteiger partial charge is 0.168 e. The third kappa shape index (κ3) is 6.09. The third-order valence-corrected chi connectivity index (χ3v) is 9.26. The van der Waals surface area contributed by atoms with Crippen molar-refractivity contribution in [1.82, 2.24) is 0 Å². The fourth-order valence-electron chi connectivity index (χ4n) is 4.24. The number of hydrogen-bond donors (Lipinski definition) is 0. The molecule has 0 N–H and O–H groups in total. The van der Waals surface area contributed by atoms with Crippen LogP contribution in [-0.2, 0) is 21.7 Å². The van der Waals surface area contributed by atoms with Gasteiger partial charge in [0.2, 0.25) is 0 Å². The van der Waals surface area contributed by atoms with Crippen molar-refractivity contribution in [3.8, 4) is 0 Å². The maximum atomic E-state index is 2.26. The van der Waals surface area contributed by atoms with Crippen LogP contribution in [0.1, 0.15) is 11.1 Å². The van der Waals surface area contributed by atoms with Crippen LogP contribution in [-0.4, -0.2) is 0 Å². The van der Waals surface area contributed by atoms with Crippen molar-refractivity contribution in [3.63, 3.8) is 0 Å². The number of rotatable bonds is 4. The molecule has 0 fully saturated rings. The second-order valence-electron chi connectivity index (χ2n) is 8.55. The van der Waals surface area contributed by atoms with E-state index in [9.17, 15) is 0 Å². The summed E-state index contributed by atoms with van der Waals surface area (Å²) in [6.45, 7) is 4.38. The Bertz CT molecular complexity index is 1420. The van der Waals surface area contributed by atoms with E-state index in [2.05, 4.69) is 135 Å².